The Morgan fingerprint density at radius 1 is 1.20 bits per heavy atom. The summed E-state index contributed by atoms with van der Waals surface area (Å²) in [7, 11) is 3.66. The van der Waals surface area contributed by atoms with Crippen LogP contribution in [0.5, 0.6) is 5.75 Å². The van der Waals surface area contributed by atoms with Gasteiger partial charge in [0, 0.05) is 19.8 Å². The summed E-state index contributed by atoms with van der Waals surface area (Å²) in [5.74, 6) is 1.74. The zero-order valence-corrected chi connectivity index (χ0v) is 12.1. The summed E-state index contributed by atoms with van der Waals surface area (Å²) in [5, 5.41) is 9.47. The predicted molar refractivity (Wildman–Crippen MR) is 80.0 cm³/mol. The molecule has 2 aromatic rings. The molecule has 0 aliphatic heterocycles. The highest BCUT2D eigenvalue weighted by molar-refractivity contribution is 5.40. The van der Waals surface area contributed by atoms with E-state index in [4.69, 9.17) is 4.74 Å². The van der Waals surface area contributed by atoms with Crippen LogP contribution in [0.1, 0.15) is 24.2 Å². The van der Waals surface area contributed by atoms with Crippen LogP contribution in [0.15, 0.2) is 42.6 Å². The van der Waals surface area contributed by atoms with Gasteiger partial charge in [0.1, 0.15) is 11.6 Å². The standard InChI is InChI=1S/C16H20N2O2/c1-12(19)14-6-9-16(17-10-14)18(2)11-13-4-7-15(20-3)8-5-13/h4-10,12,19H,11H2,1-3H3/t12-/m0/s1. The van der Waals surface area contributed by atoms with Gasteiger partial charge in [0.25, 0.3) is 0 Å². The van der Waals surface area contributed by atoms with Gasteiger partial charge in [-0.1, -0.05) is 18.2 Å². The van der Waals surface area contributed by atoms with Crippen molar-refractivity contribution in [1.82, 2.24) is 4.98 Å². The summed E-state index contributed by atoms with van der Waals surface area (Å²) in [4.78, 5) is 6.43. The van der Waals surface area contributed by atoms with Crippen molar-refractivity contribution in [3.63, 3.8) is 0 Å². The molecule has 1 aromatic carbocycles. The van der Waals surface area contributed by atoms with E-state index in [0.29, 0.717) is 0 Å². The van der Waals surface area contributed by atoms with Crippen LogP contribution in [0.2, 0.25) is 0 Å². The highest BCUT2D eigenvalue weighted by Crippen LogP contribution is 2.18. The number of ether oxygens (including phenoxy) is 1. The van der Waals surface area contributed by atoms with Crippen LogP contribution in [0.25, 0.3) is 0 Å². The molecule has 1 heterocycles. The van der Waals surface area contributed by atoms with Gasteiger partial charge in [0.05, 0.1) is 13.2 Å². The number of pyridine rings is 1. The summed E-state index contributed by atoms with van der Waals surface area (Å²) in [6.45, 7) is 2.50. The van der Waals surface area contributed by atoms with E-state index in [1.54, 1.807) is 20.2 Å². The van der Waals surface area contributed by atoms with Crippen LogP contribution in [-0.4, -0.2) is 24.2 Å². The van der Waals surface area contributed by atoms with Crippen LogP contribution >= 0.6 is 0 Å². The monoisotopic (exact) mass is 272 g/mol. The van der Waals surface area contributed by atoms with Gasteiger partial charge in [-0.05, 0) is 36.2 Å². The van der Waals surface area contributed by atoms with Crippen LogP contribution in [-0.2, 0) is 6.54 Å². The molecule has 0 saturated heterocycles. The number of hydrogen-bond donors (Lipinski definition) is 1. The van der Waals surface area contributed by atoms with Crippen molar-refractivity contribution in [3.05, 3.63) is 53.7 Å². The molecule has 106 valence electrons. The maximum Gasteiger partial charge on any atom is 0.128 e. The molecule has 0 radical (unpaired) electrons. The second-order valence-electron chi connectivity index (χ2n) is 4.83. The summed E-state index contributed by atoms with van der Waals surface area (Å²) in [6, 6.07) is 11.8. The molecule has 0 amide bonds. The first-order valence-electron chi connectivity index (χ1n) is 6.58. The maximum atomic E-state index is 9.47. The predicted octanol–water partition coefficient (Wildman–Crippen LogP) is 2.78. The Balaban J connectivity index is 2.04. The number of rotatable bonds is 5. The Morgan fingerprint density at radius 2 is 1.90 bits per heavy atom. The van der Waals surface area contributed by atoms with E-state index < -0.39 is 6.10 Å². The van der Waals surface area contributed by atoms with Gasteiger partial charge >= 0.3 is 0 Å². The fourth-order valence-corrected chi connectivity index (χ4v) is 1.96. The summed E-state index contributed by atoms with van der Waals surface area (Å²) in [6.07, 6.45) is 1.23. The SMILES string of the molecule is COc1ccc(CN(C)c2ccc([C@H](C)O)cn2)cc1. The van der Waals surface area contributed by atoms with Gasteiger partial charge in [0.2, 0.25) is 0 Å². The van der Waals surface area contributed by atoms with E-state index in [9.17, 15) is 5.11 Å². The number of nitrogens with zero attached hydrogens (tertiary/aromatic N) is 2. The molecule has 1 aromatic heterocycles. The molecule has 2 rings (SSSR count). The van der Waals surface area contributed by atoms with Crippen LogP contribution in [0.3, 0.4) is 0 Å². The van der Waals surface area contributed by atoms with E-state index in [2.05, 4.69) is 9.88 Å². The van der Waals surface area contributed by atoms with Gasteiger partial charge in [-0.15, -0.1) is 0 Å². The second kappa shape index (κ2) is 6.39. The third-order valence-corrected chi connectivity index (χ3v) is 3.22. The van der Waals surface area contributed by atoms with Crippen molar-refractivity contribution in [2.24, 2.45) is 0 Å². The topological polar surface area (TPSA) is 45.6 Å². The Hall–Kier alpha value is -2.07. The Morgan fingerprint density at radius 3 is 2.40 bits per heavy atom. The van der Waals surface area contributed by atoms with Gasteiger partial charge in [-0.2, -0.15) is 0 Å². The van der Waals surface area contributed by atoms with E-state index in [-0.39, 0.29) is 0 Å². The van der Waals surface area contributed by atoms with E-state index >= 15 is 0 Å². The lowest BCUT2D eigenvalue weighted by Gasteiger charge is -2.19. The largest absolute Gasteiger partial charge is 0.497 e. The summed E-state index contributed by atoms with van der Waals surface area (Å²) >= 11 is 0. The number of aliphatic hydroxyl groups is 1. The molecule has 0 bridgehead atoms. The minimum atomic E-state index is -0.483. The first kappa shape index (κ1) is 14.3. The zero-order valence-electron chi connectivity index (χ0n) is 12.1. The van der Waals surface area contributed by atoms with Crippen molar-refractivity contribution in [2.45, 2.75) is 19.6 Å². The number of methoxy groups -OCH3 is 1. The molecule has 4 heteroatoms. The maximum absolute atomic E-state index is 9.47. The molecule has 0 spiro atoms. The second-order valence-corrected chi connectivity index (χ2v) is 4.83. The van der Waals surface area contributed by atoms with Crippen molar-refractivity contribution >= 4 is 5.82 Å². The van der Waals surface area contributed by atoms with Crippen LogP contribution in [0, 0.1) is 0 Å². The minimum Gasteiger partial charge on any atom is -0.497 e. The van der Waals surface area contributed by atoms with Crippen LogP contribution in [0.4, 0.5) is 5.82 Å². The average molecular weight is 272 g/mol. The lowest BCUT2D eigenvalue weighted by Crippen LogP contribution is -2.17. The van der Waals surface area contributed by atoms with Crippen molar-refractivity contribution < 1.29 is 9.84 Å². The van der Waals surface area contributed by atoms with Crippen molar-refractivity contribution in [3.8, 4) is 5.75 Å². The Labute approximate surface area is 119 Å². The third kappa shape index (κ3) is 3.48. The number of benzene rings is 1. The van der Waals surface area contributed by atoms with Gasteiger partial charge < -0.3 is 14.7 Å². The number of aliphatic hydroxyl groups excluding tert-OH is 1. The molecule has 0 unspecified atom stereocenters. The number of anilines is 1. The molecule has 0 aliphatic carbocycles. The van der Waals surface area contributed by atoms with Gasteiger partial charge in [-0.25, -0.2) is 4.98 Å². The molecule has 20 heavy (non-hydrogen) atoms. The fourth-order valence-electron chi connectivity index (χ4n) is 1.96. The third-order valence-electron chi connectivity index (χ3n) is 3.22. The van der Waals surface area contributed by atoms with Crippen molar-refractivity contribution in [1.29, 1.82) is 0 Å². The van der Waals surface area contributed by atoms with Crippen LogP contribution < -0.4 is 9.64 Å². The van der Waals surface area contributed by atoms with E-state index in [1.807, 2.05) is 43.4 Å². The van der Waals surface area contributed by atoms with E-state index in [1.165, 1.54) is 5.56 Å². The lowest BCUT2D eigenvalue weighted by atomic mass is 10.2. The molecular formula is C16H20N2O2. The average Bonchev–Trinajstić information content (AvgIpc) is 2.48. The molecule has 0 saturated carbocycles. The van der Waals surface area contributed by atoms with E-state index in [0.717, 1.165) is 23.7 Å². The quantitative estimate of drug-likeness (QED) is 0.909. The lowest BCUT2D eigenvalue weighted by molar-refractivity contribution is 0.199. The first-order valence-corrected chi connectivity index (χ1v) is 6.58. The molecule has 0 aliphatic rings. The first-order chi connectivity index (χ1) is 9.60. The normalized spacial score (nSPS) is 12.0. The highest BCUT2D eigenvalue weighted by Gasteiger charge is 2.06. The zero-order chi connectivity index (χ0) is 14.5. The van der Waals surface area contributed by atoms with Gasteiger partial charge in [0.15, 0.2) is 0 Å². The minimum absolute atomic E-state index is 0.483. The van der Waals surface area contributed by atoms with Crippen molar-refractivity contribution in [2.75, 3.05) is 19.1 Å². The Kier molecular flexibility index (Phi) is 4.58. The summed E-state index contributed by atoms with van der Waals surface area (Å²) in [5.41, 5.74) is 2.02. The number of hydrogen-bond acceptors (Lipinski definition) is 4. The highest BCUT2D eigenvalue weighted by atomic mass is 16.5. The summed E-state index contributed by atoms with van der Waals surface area (Å²) < 4.78 is 5.14. The molecule has 0 fully saturated rings. The molecular weight excluding hydrogens is 252 g/mol. The molecule has 1 N–H and O–H groups in total. The van der Waals surface area contributed by atoms with Gasteiger partial charge in [-0.3, -0.25) is 0 Å². The molecule has 1 atom stereocenters. The number of aromatic nitrogens is 1. The smallest absolute Gasteiger partial charge is 0.128 e. The molecule has 4 nitrogen and oxygen atoms in total. The Bertz CT molecular complexity index is 535. The fraction of sp³-hybridized carbons (Fsp3) is 0.312.